The molecule has 0 spiro atoms. The van der Waals surface area contributed by atoms with Crippen molar-refractivity contribution in [2.45, 2.75) is 6.92 Å². The average Bonchev–Trinajstić information content (AvgIpc) is 0.872. The van der Waals surface area contributed by atoms with Crippen molar-refractivity contribution >= 4 is 156 Å². The second-order valence-corrected chi connectivity index (χ2v) is 21.1. The van der Waals surface area contributed by atoms with E-state index in [1.165, 1.54) is 83.9 Å². The molecule has 42 heteroatoms. The number of benzene rings is 6. The van der Waals surface area contributed by atoms with Crippen molar-refractivity contribution < 1.29 is 77.2 Å². The summed E-state index contributed by atoms with van der Waals surface area (Å²) in [6, 6.07) is 36.6. The van der Waals surface area contributed by atoms with Gasteiger partial charge in [0.05, 0.1) is 112 Å². The van der Waals surface area contributed by atoms with Gasteiger partial charge in [0.1, 0.15) is 34.5 Å². The third-order valence-corrected chi connectivity index (χ3v) is 12.9. The van der Waals surface area contributed by atoms with Gasteiger partial charge in [-0.25, -0.2) is 51.1 Å². The maximum Gasteiger partial charge on any atom is 0.427 e. The highest BCUT2D eigenvalue weighted by Gasteiger charge is 2.07. The van der Waals surface area contributed by atoms with Gasteiger partial charge < -0.3 is 74.5 Å². The molecule has 38 nitrogen and oxygen atoms in total. The number of hydrogen-bond acceptors (Lipinski definition) is 29. The topological polar surface area (TPSA) is 493 Å². The highest BCUT2D eigenvalue weighted by atomic mass is 32.1. The van der Waals surface area contributed by atoms with Crippen LogP contribution in [0.5, 0.6) is 34.5 Å². The highest BCUT2D eigenvalue weighted by molar-refractivity contribution is 7.80. The summed E-state index contributed by atoms with van der Waals surface area (Å²) in [5, 5.41) is 69.9. The van der Waals surface area contributed by atoms with E-state index < -0.39 is 30.5 Å². The van der Waals surface area contributed by atoms with E-state index in [1.54, 1.807) is 102 Å². The zero-order chi connectivity index (χ0) is 81.2. The van der Waals surface area contributed by atoms with E-state index in [0.717, 1.165) is 33.9 Å². The van der Waals surface area contributed by atoms with Crippen molar-refractivity contribution in [2.75, 3.05) is 84.6 Å². The van der Waals surface area contributed by atoms with Crippen LogP contribution < -0.4 is 79.4 Å². The number of nitrogens with one attached hydrogen (secondary N) is 11. The minimum atomic E-state index is -0.731. The van der Waals surface area contributed by atoms with Crippen LogP contribution >= 0.6 is 48.9 Å². The highest BCUT2D eigenvalue weighted by Crippen LogP contribution is 2.20. The largest absolute Gasteiger partial charge is 0.507 e. The monoisotopic (exact) mass is 1580 g/mol. The molecule has 109 heavy (non-hydrogen) atoms. The number of para-hydroxylation sites is 3. The SMILES string of the molecule is CCOC(=O)N/N=C/c1cc(/C=N/NC(=O)OC)ccc1O.CNC(=S)N/N=C/c1cc(/C=N/NC(=O)OC)ccc1O.CNC(=S)N/N=C/c1ccccc1OC.COC(=O)N/N=C/c1ccc(O)c(/C=N/NC(=O)OC)c1.COc1ccccc1/C=N/NC(=S)N(C)C.COc1ccccc1/C=N/NC(N)=S. The fourth-order valence-electron chi connectivity index (χ4n) is 6.58. The van der Waals surface area contributed by atoms with Crippen LogP contribution in [0.2, 0.25) is 0 Å². The number of ether oxygens (including phenoxy) is 8. The third-order valence-electron chi connectivity index (χ3n) is 11.8. The number of methoxy groups -OCH3 is 7. The molecule has 5 amide bonds. The summed E-state index contributed by atoms with van der Waals surface area (Å²) in [6.07, 6.45) is 9.42. The molecule has 0 aliphatic carbocycles. The Bertz CT molecular complexity index is 4080. The Morgan fingerprint density at radius 2 is 0.651 bits per heavy atom. The lowest BCUT2D eigenvalue weighted by Crippen LogP contribution is -2.30. The van der Waals surface area contributed by atoms with Gasteiger partial charge in [-0.2, -0.15) is 45.9 Å². The molecule has 0 radical (unpaired) electrons. The van der Waals surface area contributed by atoms with Crippen LogP contribution in [-0.2, 0) is 23.7 Å². The Labute approximate surface area is 649 Å². The second kappa shape index (κ2) is 56.7. The fraction of sp³-hybridized carbons (Fsp3) is 0.194. The smallest absolute Gasteiger partial charge is 0.427 e. The van der Waals surface area contributed by atoms with Gasteiger partial charge in [0, 0.05) is 61.6 Å². The van der Waals surface area contributed by atoms with Gasteiger partial charge in [-0.1, -0.05) is 36.4 Å². The molecule has 0 unspecified atom stereocenters. The molecule has 6 aromatic carbocycles. The number of carbonyl (C=O) groups excluding carboxylic acids is 5. The van der Waals surface area contributed by atoms with Crippen LogP contribution in [0.4, 0.5) is 24.0 Å². The summed E-state index contributed by atoms with van der Waals surface area (Å²) in [4.78, 5) is 56.1. The first-order valence-electron chi connectivity index (χ1n) is 30.8. The minimum Gasteiger partial charge on any atom is -0.507 e. The van der Waals surface area contributed by atoms with E-state index in [2.05, 4.69) is 141 Å². The molecule has 0 saturated carbocycles. The van der Waals surface area contributed by atoms with Crippen molar-refractivity contribution in [2.24, 2.45) is 51.6 Å². The van der Waals surface area contributed by atoms with E-state index in [0.29, 0.717) is 48.7 Å². The number of amides is 5. The van der Waals surface area contributed by atoms with Crippen LogP contribution in [0.1, 0.15) is 57.0 Å². The number of aromatic hydroxyl groups is 3. The van der Waals surface area contributed by atoms with Crippen molar-refractivity contribution in [3.05, 3.63) is 177 Å². The third kappa shape index (κ3) is 42.6. The van der Waals surface area contributed by atoms with Crippen LogP contribution in [0.15, 0.2) is 173 Å². The number of hydrazone groups is 9. The molecule has 6 aromatic rings. The molecular formula is C67H84N22O16S4. The molecular weight excluding hydrogens is 1500 g/mol. The zero-order valence-corrected chi connectivity index (χ0v) is 64.1. The second-order valence-electron chi connectivity index (χ2n) is 19.4. The summed E-state index contributed by atoms with van der Waals surface area (Å²) in [5.41, 5.74) is 31.9. The lowest BCUT2D eigenvalue weighted by molar-refractivity contribution is 0.152. The molecule has 0 aliphatic heterocycles. The van der Waals surface area contributed by atoms with Crippen LogP contribution in [-0.4, -0.2) is 212 Å². The molecule has 0 atom stereocenters. The van der Waals surface area contributed by atoms with Gasteiger partial charge in [0.15, 0.2) is 20.4 Å². The van der Waals surface area contributed by atoms with Crippen molar-refractivity contribution in [3.63, 3.8) is 0 Å². The van der Waals surface area contributed by atoms with E-state index >= 15 is 0 Å². The lowest BCUT2D eigenvalue weighted by Gasteiger charge is -2.11. The van der Waals surface area contributed by atoms with Crippen molar-refractivity contribution in [1.29, 1.82) is 0 Å². The average molecular weight is 1580 g/mol. The number of carbonyl (C=O) groups is 5. The molecule has 0 heterocycles. The molecule has 0 aliphatic rings. The minimum absolute atomic E-state index is 0.0347. The molecule has 582 valence electrons. The Balaban J connectivity index is 0.000000659. The number of phenols is 3. The number of thiocarbonyl (C=S) groups is 4. The quantitative estimate of drug-likeness (QED) is 0.0163. The van der Waals surface area contributed by atoms with Crippen LogP contribution in [0.25, 0.3) is 0 Å². The van der Waals surface area contributed by atoms with E-state index in [9.17, 15) is 39.3 Å². The fourth-order valence-corrected chi connectivity index (χ4v) is 6.79. The maximum atomic E-state index is 11.0. The Morgan fingerprint density at radius 3 is 0.927 bits per heavy atom. The van der Waals surface area contributed by atoms with E-state index in [1.807, 2.05) is 86.9 Å². The number of hydrogen-bond donors (Lipinski definition) is 15. The Morgan fingerprint density at radius 1 is 0.385 bits per heavy atom. The van der Waals surface area contributed by atoms with Gasteiger partial charge in [0.2, 0.25) is 0 Å². The molecule has 0 aromatic heterocycles. The number of phenolic OH excluding ortho intramolecular Hbond substituents is 3. The Hall–Kier alpha value is -13.7. The summed E-state index contributed by atoms with van der Waals surface area (Å²) in [6.45, 7) is 1.89. The van der Waals surface area contributed by atoms with E-state index in [4.69, 9.17) is 56.6 Å². The number of rotatable bonds is 22. The molecule has 16 N–H and O–H groups in total. The Kier molecular flexibility index (Phi) is 48.5. The standard InChI is InChI=1S/C13H16N4O5.C12H15N5O3S.C12H14N4O5.C11H15N3OS.C10H13N3OS.C9H11N3OS/c1-3-22-13(20)17-15-8-10-6-9(4-5-11(10)18)7-14-16-12(19)21-2;1-13-11(21)16-15-7-9-5-8(3-4-10(9)18)6-14-17-12(19)20-2;1-20-11(18)15-13-6-8-3-4-10(17)9(5-8)7-14-16-12(19)21-2;1-14(2)11(16)13-12-8-9-6-4-5-7-10(9)15-3;1-11-10(15)13-12-7-8-5-3-4-6-9(8)14-2;1-13-8-5-3-2-4-7(8)6-11-12-9(10)14/h4-8,18H,3H2,1-2H3,(H,16,19)(H,17,20);3-7,18H,1-2H3,(H,17,19)(H2,13,16,21);3-7,17H,1-2H3,(H,15,18)(H,16,19);4-8H,1-3H3,(H,13,16);3-7H,1-2H3,(H2,11,13,15);2-6H,1H3,(H3,10,12,14)/b14-7+,15-8+;14-6+,15-7+;13-6+,14-7+;12-8+;12-7+;11-6+. The first kappa shape index (κ1) is 93.3. The normalized spacial score (nSPS) is 10.4. The number of nitrogens with zero attached hydrogens (tertiary/aromatic N) is 10. The summed E-state index contributed by atoms with van der Waals surface area (Å²) in [5.74, 6) is 2.29. The van der Waals surface area contributed by atoms with Gasteiger partial charge in [-0.05, 0) is 163 Å². The predicted molar refractivity (Wildman–Crippen MR) is 433 cm³/mol. The van der Waals surface area contributed by atoms with Gasteiger partial charge in [0.25, 0.3) is 0 Å². The summed E-state index contributed by atoms with van der Waals surface area (Å²) < 4.78 is 37.5. The van der Waals surface area contributed by atoms with Crippen molar-refractivity contribution in [1.82, 2.24) is 64.4 Å². The zero-order valence-electron chi connectivity index (χ0n) is 60.9. The molecule has 0 fully saturated rings. The lowest BCUT2D eigenvalue weighted by atomic mass is 10.1. The first-order valence-corrected chi connectivity index (χ1v) is 32.4. The number of nitrogens with two attached hydrogens (primary N) is 1. The molecule has 0 bridgehead atoms. The predicted octanol–water partition coefficient (Wildman–Crippen LogP) is 5.89. The van der Waals surface area contributed by atoms with Gasteiger partial charge in [-0.3, -0.25) is 21.7 Å². The summed E-state index contributed by atoms with van der Waals surface area (Å²) >= 11 is 19.3. The molecule has 6 rings (SSSR count). The van der Waals surface area contributed by atoms with Gasteiger partial charge >= 0.3 is 30.5 Å². The first-order chi connectivity index (χ1) is 52.3. The van der Waals surface area contributed by atoms with Crippen molar-refractivity contribution in [3.8, 4) is 34.5 Å². The van der Waals surface area contributed by atoms with Crippen LogP contribution in [0, 0.1) is 0 Å². The maximum absolute atomic E-state index is 11.0. The van der Waals surface area contributed by atoms with E-state index in [-0.39, 0.29) is 29.0 Å². The van der Waals surface area contributed by atoms with Crippen LogP contribution in [0.3, 0.4) is 0 Å². The summed E-state index contributed by atoms with van der Waals surface area (Å²) in [7, 11) is 16.8. The molecule has 0 saturated heterocycles. The van der Waals surface area contributed by atoms with Gasteiger partial charge in [-0.15, -0.1) is 0 Å².